The van der Waals surface area contributed by atoms with Gasteiger partial charge >= 0.3 is 0 Å². The van der Waals surface area contributed by atoms with Gasteiger partial charge < -0.3 is 15.7 Å². The van der Waals surface area contributed by atoms with Crippen molar-refractivity contribution in [3.63, 3.8) is 0 Å². The van der Waals surface area contributed by atoms with Crippen LogP contribution in [0.15, 0.2) is 24.3 Å². The van der Waals surface area contributed by atoms with Crippen LogP contribution in [0.5, 0.6) is 0 Å². The Bertz CT molecular complexity index is 320. The van der Waals surface area contributed by atoms with Crippen molar-refractivity contribution in [3.8, 4) is 0 Å². The molecule has 0 amide bonds. The van der Waals surface area contributed by atoms with E-state index in [9.17, 15) is 4.39 Å². The van der Waals surface area contributed by atoms with E-state index in [2.05, 4.69) is 0 Å². The minimum atomic E-state index is -0.190. The number of rotatable bonds is 6. The van der Waals surface area contributed by atoms with Gasteiger partial charge in [0.05, 0.1) is 0 Å². The first-order valence-electron chi connectivity index (χ1n) is 5.42. The van der Waals surface area contributed by atoms with Crippen molar-refractivity contribution < 1.29 is 9.50 Å². The van der Waals surface area contributed by atoms with Crippen molar-refractivity contribution in [3.05, 3.63) is 35.6 Å². The molecule has 1 unspecified atom stereocenters. The lowest BCUT2D eigenvalue weighted by Crippen LogP contribution is -2.35. The van der Waals surface area contributed by atoms with E-state index in [0.29, 0.717) is 25.1 Å². The number of benzene rings is 1. The molecule has 1 aromatic rings. The average molecular weight is 226 g/mol. The smallest absolute Gasteiger partial charge is 0.127 e. The number of hydrogen-bond donors (Lipinski definition) is 2. The molecule has 0 aromatic heterocycles. The maximum absolute atomic E-state index is 13.3. The van der Waals surface area contributed by atoms with Crippen LogP contribution in [0.1, 0.15) is 12.0 Å². The molecule has 0 aliphatic heterocycles. The number of likely N-dealkylation sites (N-methyl/N-ethyl adjacent to an activating group) is 1. The molecule has 3 N–H and O–H groups in total. The Morgan fingerprint density at radius 2 is 2.12 bits per heavy atom. The number of hydrogen-bond acceptors (Lipinski definition) is 3. The highest BCUT2D eigenvalue weighted by Crippen LogP contribution is 2.09. The van der Waals surface area contributed by atoms with Crippen LogP contribution in [0.2, 0.25) is 0 Å². The van der Waals surface area contributed by atoms with E-state index in [0.717, 1.165) is 0 Å². The summed E-state index contributed by atoms with van der Waals surface area (Å²) in [5, 5.41) is 8.72. The lowest BCUT2D eigenvalue weighted by molar-refractivity contribution is 0.242. The molecule has 1 atom stereocenters. The fraction of sp³-hybridized carbons (Fsp3) is 0.500. The molecular weight excluding hydrogens is 207 g/mol. The molecule has 0 fully saturated rings. The monoisotopic (exact) mass is 226 g/mol. The van der Waals surface area contributed by atoms with Gasteiger partial charge in [0.15, 0.2) is 0 Å². The van der Waals surface area contributed by atoms with Crippen molar-refractivity contribution in [2.75, 3.05) is 20.2 Å². The van der Waals surface area contributed by atoms with E-state index >= 15 is 0 Å². The maximum atomic E-state index is 13.3. The van der Waals surface area contributed by atoms with E-state index in [-0.39, 0.29) is 18.5 Å². The third-order valence-electron chi connectivity index (χ3n) is 2.44. The van der Waals surface area contributed by atoms with Crippen LogP contribution in [-0.2, 0) is 6.54 Å². The number of halogens is 1. The van der Waals surface area contributed by atoms with E-state index < -0.39 is 0 Å². The number of nitrogens with zero attached hydrogens (tertiary/aromatic N) is 1. The summed E-state index contributed by atoms with van der Waals surface area (Å²) in [5.74, 6) is -0.190. The van der Waals surface area contributed by atoms with E-state index in [4.69, 9.17) is 10.8 Å². The van der Waals surface area contributed by atoms with Gasteiger partial charge in [-0.2, -0.15) is 0 Å². The normalized spacial score (nSPS) is 13.1. The Labute approximate surface area is 95.7 Å². The standard InChI is InChI=1S/C12H19FN2O/c1-15(9-11(14)6-7-16)8-10-4-2-3-5-12(10)13/h2-5,11,16H,6-9,14H2,1H3. The predicted octanol–water partition coefficient (Wildman–Crippen LogP) is 0.967. The van der Waals surface area contributed by atoms with Crippen molar-refractivity contribution in [1.29, 1.82) is 0 Å². The highest BCUT2D eigenvalue weighted by molar-refractivity contribution is 5.16. The fourth-order valence-electron chi connectivity index (χ4n) is 1.64. The highest BCUT2D eigenvalue weighted by atomic mass is 19.1. The molecule has 0 radical (unpaired) electrons. The molecule has 1 aromatic carbocycles. The molecule has 0 spiro atoms. The summed E-state index contributed by atoms with van der Waals surface area (Å²) in [6.45, 7) is 1.27. The Hall–Kier alpha value is -0.970. The second kappa shape index (κ2) is 6.58. The van der Waals surface area contributed by atoms with Crippen molar-refractivity contribution in [2.45, 2.75) is 19.0 Å². The van der Waals surface area contributed by atoms with Gasteiger partial charge in [-0.05, 0) is 19.5 Å². The lowest BCUT2D eigenvalue weighted by Gasteiger charge is -2.20. The molecule has 1 rings (SSSR count). The minimum Gasteiger partial charge on any atom is -0.396 e. The van der Waals surface area contributed by atoms with Gasteiger partial charge in [-0.1, -0.05) is 18.2 Å². The van der Waals surface area contributed by atoms with Gasteiger partial charge in [0, 0.05) is 31.3 Å². The maximum Gasteiger partial charge on any atom is 0.127 e. The zero-order chi connectivity index (χ0) is 12.0. The van der Waals surface area contributed by atoms with Crippen LogP contribution >= 0.6 is 0 Å². The first-order chi connectivity index (χ1) is 7.63. The van der Waals surface area contributed by atoms with E-state index in [1.807, 2.05) is 18.0 Å². The Kier molecular flexibility index (Phi) is 5.38. The van der Waals surface area contributed by atoms with Crippen LogP contribution in [0, 0.1) is 5.82 Å². The van der Waals surface area contributed by atoms with Crippen molar-refractivity contribution in [2.24, 2.45) is 5.73 Å². The summed E-state index contributed by atoms with van der Waals surface area (Å²) < 4.78 is 13.3. The zero-order valence-corrected chi connectivity index (χ0v) is 9.56. The molecule has 0 saturated carbocycles. The van der Waals surface area contributed by atoms with Crippen LogP contribution in [-0.4, -0.2) is 36.2 Å². The number of nitrogens with two attached hydrogens (primary N) is 1. The van der Waals surface area contributed by atoms with Crippen molar-refractivity contribution >= 4 is 0 Å². The summed E-state index contributed by atoms with van der Waals surface area (Å²) >= 11 is 0. The van der Waals surface area contributed by atoms with Gasteiger partial charge in [0.1, 0.15) is 5.82 Å². The van der Waals surface area contributed by atoms with Crippen molar-refractivity contribution in [1.82, 2.24) is 4.90 Å². The van der Waals surface area contributed by atoms with Gasteiger partial charge in [-0.25, -0.2) is 4.39 Å². The topological polar surface area (TPSA) is 49.5 Å². The van der Waals surface area contributed by atoms with Crippen LogP contribution in [0.25, 0.3) is 0 Å². The molecule has 4 heteroatoms. The third kappa shape index (κ3) is 4.26. The quantitative estimate of drug-likeness (QED) is 0.760. The summed E-state index contributed by atoms with van der Waals surface area (Å²) in [6, 6.07) is 6.65. The Morgan fingerprint density at radius 1 is 1.44 bits per heavy atom. The summed E-state index contributed by atoms with van der Waals surface area (Å²) in [5.41, 5.74) is 6.45. The summed E-state index contributed by atoms with van der Waals surface area (Å²) in [6.07, 6.45) is 0.571. The highest BCUT2D eigenvalue weighted by Gasteiger charge is 2.08. The van der Waals surface area contributed by atoms with Gasteiger partial charge in [0.2, 0.25) is 0 Å². The first-order valence-corrected chi connectivity index (χ1v) is 5.42. The molecule has 0 aliphatic carbocycles. The van der Waals surface area contributed by atoms with Gasteiger partial charge in [-0.15, -0.1) is 0 Å². The van der Waals surface area contributed by atoms with Gasteiger partial charge in [-0.3, -0.25) is 0 Å². The molecule has 0 bridgehead atoms. The van der Waals surface area contributed by atoms with Crippen LogP contribution in [0.4, 0.5) is 4.39 Å². The van der Waals surface area contributed by atoms with Crippen LogP contribution < -0.4 is 5.73 Å². The summed E-state index contributed by atoms with van der Waals surface area (Å²) in [4.78, 5) is 1.96. The largest absolute Gasteiger partial charge is 0.396 e. The SMILES string of the molecule is CN(Cc1ccccc1F)CC(N)CCO. The van der Waals surface area contributed by atoms with E-state index in [1.165, 1.54) is 6.07 Å². The molecule has 90 valence electrons. The third-order valence-corrected chi connectivity index (χ3v) is 2.44. The Morgan fingerprint density at radius 3 is 2.75 bits per heavy atom. The number of aliphatic hydroxyl groups excluding tert-OH is 1. The predicted molar refractivity (Wildman–Crippen MR) is 62.4 cm³/mol. The molecule has 16 heavy (non-hydrogen) atoms. The van der Waals surface area contributed by atoms with Gasteiger partial charge in [0.25, 0.3) is 0 Å². The second-order valence-electron chi connectivity index (χ2n) is 4.06. The molecule has 0 aliphatic rings. The number of aliphatic hydroxyl groups is 1. The van der Waals surface area contributed by atoms with Crippen LogP contribution in [0.3, 0.4) is 0 Å². The molecule has 0 saturated heterocycles. The average Bonchev–Trinajstić information content (AvgIpc) is 2.21. The first kappa shape index (κ1) is 13.1. The zero-order valence-electron chi connectivity index (χ0n) is 9.56. The second-order valence-corrected chi connectivity index (χ2v) is 4.06. The molecule has 3 nitrogen and oxygen atoms in total. The minimum absolute atomic E-state index is 0.0678. The van der Waals surface area contributed by atoms with E-state index in [1.54, 1.807) is 12.1 Å². The molecular formula is C12H19FN2O. The fourth-order valence-corrected chi connectivity index (χ4v) is 1.64. The summed E-state index contributed by atoms with van der Waals surface area (Å²) in [7, 11) is 1.89. The lowest BCUT2D eigenvalue weighted by atomic mass is 10.1. The molecule has 0 heterocycles. The Balaban J connectivity index is 2.45.